The molecule has 2 bridgehead atoms. The molecule has 3 rings (SSSR count). The van der Waals surface area contributed by atoms with Crippen molar-refractivity contribution >= 4 is 17.5 Å². The molecule has 2 heterocycles. The SMILES string of the molecule is CC(Oc1ccccc1Cl)C(=O)N1C2CCC1CC(O)C2. The number of aliphatic hydroxyl groups excluding tert-OH is 1. The highest BCUT2D eigenvalue weighted by molar-refractivity contribution is 6.32. The number of hydrogen-bond donors (Lipinski definition) is 1. The van der Waals surface area contributed by atoms with Crippen molar-refractivity contribution in [2.45, 2.75) is 56.9 Å². The summed E-state index contributed by atoms with van der Waals surface area (Å²) in [5, 5.41) is 10.3. The molecule has 0 spiro atoms. The van der Waals surface area contributed by atoms with Gasteiger partial charge in [0.05, 0.1) is 11.1 Å². The van der Waals surface area contributed by atoms with Crippen molar-refractivity contribution < 1.29 is 14.6 Å². The van der Waals surface area contributed by atoms with Gasteiger partial charge in [-0.3, -0.25) is 4.79 Å². The first kappa shape index (κ1) is 14.7. The highest BCUT2D eigenvalue weighted by Gasteiger charge is 2.44. The zero-order chi connectivity index (χ0) is 15.0. The van der Waals surface area contributed by atoms with Crippen LogP contribution in [0.15, 0.2) is 24.3 Å². The monoisotopic (exact) mass is 309 g/mol. The Labute approximate surface area is 129 Å². The van der Waals surface area contributed by atoms with Gasteiger partial charge >= 0.3 is 0 Å². The summed E-state index contributed by atoms with van der Waals surface area (Å²) in [6.45, 7) is 1.76. The van der Waals surface area contributed by atoms with Crippen LogP contribution in [0.3, 0.4) is 0 Å². The summed E-state index contributed by atoms with van der Waals surface area (Å²) in [5.41, 5.74) is 0. The maximum atomic E-state index is 12.7. The number of para-hydroxylation sites is 1. The first-order chi connectivity index (χ1) is 10.1. The molecule has 3 atom stereocenters. The largest absolute Gasteiger partial charge is 0.479 e. The normalized spacial score (nSPS) is 29.3. The van der Waals surface area contributed by atoms with Crippen LogP contribution in [0.25, 0.3) is 0 Å². The summed E-state index contributed by atoms with van der Waals surface area (Å²) in [6, 6.07) is 7.48. The maximum absolute atomic E-state index is 12.7. The van der Waals surface area contributed by atoms with E-state index in [1.54, 1.807) is 19.1 Å². The second kappa shape index (κ2) is 5.85. The molecular weight excluding hydrogens is 290 g/mol. The van der Waals surface area contributed by atoms with E-state index in [1.807, 2.05) is 17.0 Å². The van der Waals surface area contributed by atoms with Crippen LogP contribution < -0.4 is 4.74 Å². The highest BCUT2D eigenvalue weighted by atomic mass is 35.5. The summed E-state index contributed by atoms with van der Waals surface area (Å²) in [4.78, 5) is 14.6. The van der Waals surface area contributed by atoms with E-state index in [-0.39, 0.29) is 24.1 Å². The number of nitrogens with zero attached hydrogens (tertiary/aromatic N) is 1. The van der Waals surface area contributed by atoms with E-state index < -0.39 is 6.10 Å². The first-order valence-corrected chi connectivity index (χ1v) is 7.85. The lowest BCUT2D eigenvalue weighted by molar-refractivity contribution is -0.144. The Hall–Kier alpha value is -1.26. The Morgan fingerprint density at radius 3 is 2.57 bits per heavy atom. The standard InChI is InChI=1S/C16H20ClNO3/c1-10(21-15-5-3-2-4-14(15)17)16(20)18-11-6-7-12(18)9-13(19)8-11/h2-5,10-13,19H,6-9H2,1H3. The van der Waals surface area contributed by atoms with E-state index in [0.717, 1.165) is 12.8 Å². The van der Waals surface area contributed by atoms with Gasteiger partial charge in [0, 0.05) is 12.1 Å². The minimum absolute atomic E-state index is 0.00526. The second-order valence-corrected chi connectivity index (χ2v) is 6.35. The molecule has 5 heteroatoms. The van der Waals surface area contributed by atoms with Gasteiger partial charge in [-0.1, -0.05) is 23.7 Å². The van der Waals surface area contributed by atoms with Gasteiger partial charge in [-0.25, -0.2) is 0 Å². The molecular formula is C16H20ClNO3. The third kappa shape index (κ3) is 2.87. The van der Waals surface area contributed by atoms with E-state index in [2.05, 4.69) is 0 Å². The summed E-state index contributed by atoms with van der Waals surface area (Å²) >= 11 is 6.06. The summed E-state index contributed by atoms with van der Waals surface area (Å²) in [6.07, 6.45) is 2.48. The van der Waals surface area contributed by atoms with Gasteiger partial charge in [0.2, 0.25) is 0 Å². The number of piperidine rings is 1. The fourth-order valence-corrected chi connectivity index (χ4v) is 3.68. The number of aliphatic hydroxyl groups is 1. The molecule has 114 valence electrons. The van der Waals surface area contributed by atoms with Gasteiger partial charge in [-0.05, 0) is 44.7 Å². The number of hydrogen-bond acceptors (Lipinski definition) is 3. The smallest absolute Gasteiger partial charge is 0.263 e. The molecule has 3 unspecified atom stereocenters. The van der Waals surface area contributed by atoms with Crippen LogP contribution in [0.2, 0.25) is 5.02 Å². The number of carbonyl (C=O) groups excluding carboxylic acids is 1. The van der Waals surface area contributed by atoms with E-state index in [0.29, 0.717) is 23.6 Å². The lowest BCUT2D eigenvalue weighted by atomic mass is 9.99. The topological polar surface area (TPSA) is 49.8 Å². The van der Waals surface area contributed by atoms with Crippen molar-refractivity contribution in [3.8, 4) is 5.75 Å². The van der Waals surface area contributed by atoms with Crippen LogP contribution in [0, 0.1) is 0 Å². The van der Waals surface area contributed by atoms with Crippen LogP contribution in [0.5, 0.6) is 5.75 Å². The molecule has 1 amide bonds. The third-order valence-corrected chi connectivity index (χ3v) is 4.76. The van der Waals surface area contributed by atoms with Gasteiger partial charge in [0.1, 0.15) is 5.75 Å². The Balaban J connectivity index is 1.69. The Bertz CT molecular complexity index is 522. The number of carbonyl (C=O) groups is 1. The van der Waals surface area contributed by atoms with E-state index in [1.165, 1.54) is 0 Å². The van der Waals surface area contributed by atoms with E-state index in [9.17, 15) is 9.90 Å². The van der Waals surface area contributed by atoms with Gasteiger partial charge < -0.3 is 14.7 Å². The van der Waals surface area contributed by atoms with Crippen molar-refractivity contribution in [2.24, 2.45) is 0 Å². The van der Waals surface area contributed by atoms with Crippen molar-refractivity contribution in [1.29, 1.82) is 0 Å². The lowest BCUT2D eigenvalue weighted by Gasteiger charge is -2.38. The molecule has 2 aliphatic rings. The molecule has 0 saturated carbocycles. The van der Waals surface area contributed by atoms with Gasteiger partial charge in [-0.15, -0.1) is 0 Å². The number of rotatable bonds is 3. The number of halogens is 1. The number of ether oxygens (including phenoxy) is 1. The predicted molar refractivity (Wildman–Crippen MR) is 80.4 cm³/mol. The molecule has 2 fully saturated rings. The number of benzene rings is 1. The predicted octanol–water partition coefficient (Wildman–Crippen LogP) is 2.62. The van der Waals surface area contributed by atoms with Crippen LogP contribution in [0.4, 0.5) is 0 Å². The summed E-state index contributed by atoms with van der Waals surface area (Å²) < 4.78 is 5.73. The Morgan fingerprint density at radius 1 is 1.33 bits per heavy atom. The van der Waals surface area contributed by atoms with Crippen molar-refractivity contribution in [2.75, 3.05) is 0 Å². The van der Waals surface area contributed by atoms with Crippen molar-refractivity contribution in [3.05, 3.63) is 29.3 Å². The second-order valence-electron chi connectivity index (χ2n) is 5.95. The number of amides is 1. The Kier molecular flexibility index (Phi) is 4.09. The zero-order valence-electron chi connectivity index (χ0n) is 12.0. The molecule has 21 heavy (non-hydrogen) atoms. The summed E-state index contributed by atoms with van der Waals surface area (Å²) in [7, 11) is 0. The molecule has 4 nitrogen and oxygen atoms in total. The average Bonchev–Trinajstić information content (AvgIpc) is 2.72. The van der Waals surface area contributed by atoms with Crippen molar-refractivity contribution in [1.82, 2.24) is 4.90 Å². The third-order valence-electron chi connectivity index (χ3n) is 4.45. The van der Waals surface area contributed by atoms with Crippen molar-refractivity contribution in [3.63, 3.8) is 0 Å². The minimum Gasteiger partial charge on any atom is -0.479 e. The molecule has 0 aliphatic carbocycles. The molecule has 0 radical (unpaired) electrons. The van der Waals surface area contributed by atoms with Gasteiger partial charge in [0.25, 0.3) is 5.91 Å². The van der Waals surface area contributed by atoms with Crippen LogP contribution in [-0.4, -0.2) is 40.2 Å². The quantitative estimate of drug-likeness (QED) is 0.934. The van der Waals surface area contributed by atoms with Crippen LogP contribution >= 0.6 is 11.6 Å². The molecule has 2 aliphatic heterocycles. The van der Waals surface area contributed by atoms with Gasteiger partial charge in [0.15, 0.2) is 6.10 Å². The molecule has 0 aromatic heterocycles. The Morgan fingerprint density at radius 2 is 1.95 bits per heavy atom. The molecule has 2 saturated heterocycles. The molecule has 1 N–H and O–H groups in total. The summed E-state index contributed by atoms with van der Waals surface area (Å²) in [5.74, 6) is 0.527. The molecule has 1 aromatic carbocycles. The minimum atomic E-state index is -0.566. The van der Waals surface area contributed by atoms with E-state index >= 15 is 0 Å². The zero-order valence-corrected chi connectivity index (χ0v) is 12.8. The maximum Gasteiger partial charge on any atom is 0.263 e. The fraction of sp³-hybridized carbons (Fsp3) is 0.562. The first-order valence-electron chi connectivity index (χ1n) is 7.47. The van der Waals surface area contributed by atoms with Gasteiger partial charge in [-0.2, -0.15) is 0 Å². The fourth-order valence-electron chi connectivity index (χ4n) is 3.50. The van der Waals surface area contributed by atoms with Crippen LogP contribution in [0.1, 0.15) is 32.6 Å². The average molecular weight is 310 g/mol. The highest BCUT2D eigenvalue weighted by Crippen LogP contribution is 2.36. The lowest BCUT2D eigenvalue weighted by Crippen LogP contribution is -2.52. The van der Waals surface area contributed by atoms with Crippen LogP contribution in [-0.2, 0) is 4.79 Å². The van der Waals surface area contributed by atoms with E-state index in [4.69, 9.17) is 16.3 Å². The number of fused-ring (bicyclic) bond motifs is 2. The molecule has 1 aromatic rings.